The molecule has 0 spiro atoms. The van der Waals surface area contributed by atoms with Gasteiger partial charge in [0.1, 0.15) is 0 Å². The molecule has 0 N–H and O–H groups in total. The Morgan fingerprint density at radius 3 is 1.42 bits per heavy atom. The predicted octanol–water partition coefficient (Wildman–Crippen LogP) is -1.85. The Morgan fingerprint density at radius 2 is 1.37 bits per heavy atom. The van der Waals surface area contributed by atoms with Crippen LogP contribution < -0.4 is 24.8 Å². The maximum atomic E-state index is 2.99. The van der Waals surface area contributed by atoms with Gasteiger partial charge in [0, 0.05) is 0 Å². The summed E-state index contributed by atoms with van der Waals surface area (Å²) in [5.74, 6) is 0. The molecule has 0 aromatic rings. The number of rotatable bonds is 0. The van der Waals surface area contributed by atoms with Crippen LogP contribution >= 0.6 is 0 Å². The van der Waals surface area contributed by atoms with Gasteiger partial charge in [0.25, 0.3) is 0 Å². The Kier molecular flexibility index (Phi) is 23.9. The van der Waals surface area contributed by atoms with Crippen LogP contribution in [0.5, 0.6) is 0 Å². The molecule has 0 heterocycles. The van der Waals surface area contributed by atoms with E-state index in [0.29, 0.717) is 0 Å². The molecule has 0 aliphatic heterocycles. The van der Waals surface area contributed by atoms with Crippen LogP contribution in [0.25, 0.3) is 0 Å². The van der Waals surface area contributed by atoms with E-state index in [9.17, 15) is 0 Å². The fourth-order valence-corrected chi connectivity index (χ4v) is 13.0. The summed E-state index contributed by atoms with van der Waals surface area (Å²) in [4.78, 5) is 0. The molecule has 2 aliphatic rings. The zero-order valence-corrected chi connectivity index (χ0v) is 18.2. The Bertz CT molecular complexity index is 325. The molecule has 19 heavy (non-hydrogen) atoms. The molecule has 0 atom stereocenters. The van der Waals surface area contributed by atoms with Crippen molar-refractivity contribution in [1.82, 2.24) is 0 Å². The van der Waals surface area contributed by atoms with E-state index < -0.39 is 0 Å². The number of hydrogen-bond donors (Lipinski definition) is 0. The molecule has 0 saturated heterocycles. The largest absolute Gasteiger partial charge is 1.00 e. The molecule has 4 heteroatoms. The first kappa shape index (κ1) is 24.5. The summed E-state index contributed by atoms with van der Waals surface area (Å²) < 4.78 is 1.78. The Labute approximate surface area is 142 Å². The fraction of sp³-hybridized carbons (Fsp3) is 0.400. The minimum absolute atomic E-state index is 0. The fourth-order valence-electron chi connectivity index (χ4n) is 1.18. The van der Waals surface area contributed by atoms with Crippen LogP contribution in [0.4, 0.5) is 0 Å². The van der Waals surface area contributed by atoms with Gasteiger partial charge >= 0.3 is 56.7 Å². The topological polar surface area (TPSA) is 0 Å². The predicted molar refractivity (Wildman–Crippen MR) is 77.0 cm³/mol. The molecular formula is C15H22Cl2HfSi-4. The van der Waals surface area contributed by atoms with Crippen molar-refractivity contribution in [2.24, 2.45) is 0 Å². The van der Waals surface area contributed by atoms with Crippen molar-refractivity contribution in [3.63, 3.8) is 0 Å². The van der Waals surface area contributed by atoms with E-state index in [1.165, 1.54) is 0 Å². The van der Waals surface area contributed by atoms with Crippen molar-refractivity contribution in [3.8, 4) is 0 Å². The zero-order chi connectivity index (χ0) is 12.9. The number of hydrogen-bond acceptors (Lipinski definition) is 0. The molecule has 0 radical (unpaired) electrons. The second-order valence-corrected chi connectivity index (χ2v) is 23.4. The molecule has 108 valence electrons. The smallest absolute Gasteiger partial charge is 0.109 e. The molecule has 0 unspecified atom stereocenters. The van der Waals surface area contributed by atoms with Crippen molar-refractivity contribution in [3.05, 3.63) is 48.6 Å². The molecule has 2 rings (SSSR count). The van der Waals surface area contributed by atoms with Crippen molar-refractivity contribution >= 4 is 8.75 Å². The summed E-state index contributed by atoms with van der Waals surface area (Å²) in [5.41, 5.74) is 0.223. The van der Waals surface area contributed by atoms with Crippen molar-refractivity contribution in [2.75, 3.05) is 0 Å². The van der Waals surface area contributed by atoms with Crippen LogP contribution in [-0.4, -0.2) is 8.75 Å². The molecule has 0 bridgehead atoms. The van der Waals surface area contributed by atoms with Crippen LogP contribution in [-0.2, 0) is 21.0 Å². The van der Waals surface area contributed by atoms with Crippen LogP contribution in [0.3, 0.4) is 0 Å². The SMILES string of the molecule is C[C](C)=[Hf]=[Si](C)C.[C-]1=CC=CC1.[C-]1=CC=CC1.[Cl-].[Cl-]. The maximum Gasteiger partial charge on any atom is -0.109 e. The molecule has 0 aromatic carbocycles. The Balaban J connectivity index is -0.000000194. The Morgan fingerprint density at radius 1 is 0.947 bits per heavy atom. The molecule has 0 nitrogen and oxygen atoms in total. The Hall–Kier alpha value is 0.497. The minimum atomic E-state index is -0.133. The van der Waals surface area contributed by atoms with Crippen molar-refractivity contribution in [1.29, 1.82) is 0 Å². The van der Waals surface area contributed by atoms with E-state index in [1.54, 1.807) is 3.26 Å². The first-order valence-corrected chi connectivity index (χ1v) is 15.6. The maximum absolute atomic E-state index is 2.99. The first-order chi connectivity index (χ1) is 8.13. The minimum Gasteiger partial charge on any atom is -1.00 e. The molecule has 2 aliphatic carbocycles. The second-order valence-electron chi connectivity index (χ2n) is 4.13. The summed E-state index contributed by atoms with van der Waals surface area (Å²) in [6, 6.07) is 0. The summed E-state index contributed by atoms with van der Waals surface area (Å²) in [7, 11) is 0. The zero-order valence-electron chi connectivity index (χ0n) is 12.1. The van der Waals surface area contributed by atoms with Gasteiger partial charge in [-0.25, -0.2) is 24.3 Å². The number of allylic oxidation sites excluding steroid dienone is 8. The van der Waals surface area contributed by atoms with Gasteiger partial charge in [0.05, 0.1) is 0 Å². The van der Waals surface area contributed by atoms with Crippen LogP contribution in [0, 0.1) is 12.2 Å². The van der Waals surface area contributed by atoms with Crippen LogP contribution in [0.1, 0.15) is 26.7 Å². The van der Waals surface area contributed by atoms with Crippen LogP contribution in [0.2, 0.25) is 13.1 Å². The third-order valence-electron chi connectivity index (χ3n) is 1.67. The van der Waals surface area contributed by atoms with Gasteiger partial charge in [-0.1, -0.05) is 0 Å². The first-order valence-electron chi connectivity index (χ1n) is 5.93. The van der Waals surface area contributed by atoms with E-state index in [4.69, 9.17) is 0 Å². The number of halogens is 2. The molecule has 0 fully saturated rings. The third-order valence-corrected chi connectivity index (χ3v) is 13.4. The van der Waals surface area contributed by atoms with Gasteiger partial charge in [0.15, 0.2) is 0 Å². The van der Waals surface area contributed by atoms with E-state index in [-0.39, 0.29) is 51.4 Å². The normalized spacial score (nSPS) is 12.0. The standard InChI is InChI=1S/2C5H5.C3H6.C2H6Si.2ClH.Hf/c2*1-2-4-5-3-1;2*1-3-2;;;/h2*1-3H,4H2;2*1-2H3;2*1H;/q2*-1;;;;;/p-2. The van der Waals surface area contributed by atoms with Gasteiger partial charge in [-0.15, -0.1) is 12.8 Å². The molecule has 0 aromatic heterocycles. The van der Waals surface area contributed by atoms with Crippen molar-refractivity contribution < 1.29 is 45.9 Å². The summed E-state index contributed by atoms with van der Waals surface area (Å²) in [6.07, 6.45) is 20.0. The third kappa shape index (κ3) is 24.0. The van der Waals surface area contributed by atoms with E-state index in [2.05, 4.69) is 51.2 Å². The van der Waals surface area contributed by atoms with Gasteiger partial charge in [-0.3, -0.25) is 12.2 Å². The average Bonchev–Trinajstić information content (AvgIpc) is 2.96. The monoisotopic (exact) mass is 480 g/mol. The summed E-state index contributed by atoms with van der Waals surface area (Å²) >= 11 is -0.133. The van der Waals surface area contributed by atoms with E-state index in [1.807, 2.05) is 24.3 Å². The van der Waals surface area contributed by atoms with Gasteiger partial charge in [-0.05, 0) is 0 Å². The van der Waals surface area contributed by atoms with Gasteiger partial charge in [0.2, 0.25) is 0 Å². The molecule has 0 amide bonds. The van der Waals surface area contributed by atoms with E-state index in [0.717, 1.165) is 12.8 Å². The van der Waals surface area contributed by atoms with Crippen LogP contribution in [0.15, 0.2) is 36.5 Å². The summed E-state index contributed by atoms with van der Waals surface area (Å²) in [6.45, 7) is 9.45. The average molecular weight is 480 g/mol. The second kappa shape index (κ2) is 18.5. The quantitative estimate of drug-likeness (QED) is 0.283. The summed E-state index contributed by atoms with van der Waals surface area (Å²) in [5, 5.41) is 0. The van der Waals surface area contributed by atoms with Gasteiger partial charge < -0.3 is 24.8 Å². The van der Waals surface area contributed by atoms with Crippen molar-refractivity contribution in [2.45, 2.75) is 39.8 Å². The molecular weight excluding hydrogens is 458 g/mol. The van der Waals surface area contributed by atoms with Gasteiger partial charge in [-0.2, -0.15) is 12.2 Å². The van der Waals surface area contributed by atoms with E-state index >= 15 is 0 Å². The molecule has 0 saturated carbocycles.